The minimum atomic E-state index is -0.687. The molecule has 1 aliphatic rings. The number of benzene rings is 2. The number of ether oxygens (including phenoxy) is 1. The number of non-ortho nitro benzene ring substituents is 1. The Bertz CT molecular complexity index is 1300. The smallest absolute Gasteiger partial charge is 0.408 e. The standard InChI is InChI=1S/C26H29N5O8/c1-26(2,3)39-25(36)28-15-22(33)27-14-16-6-8-17(9-7-16)29-21(32)5-4-12-30-23(34)19-11-10-18(31(37)38)13-20(19)24(30)35/h6-11,13H,4-5,12,14-15H2,1-3H3,(H,27,33)(H,28,36)(H,29,32). The minimum absolute atomic E-state index is 0.00498. The van der Waals surface area contributed by atoms with E-state index in [-0.39, 0.29) is 55.2 Å². The first-order valence-electron chi connectivity index (χ1n) is 12.1. The molecule has 0 aromatic heterocycles. The summed E-state index contributed by atoms with van der Waals surface area (Å²) in [5.74, 6) is -1.89. The Hall–Kier alpha value is -4.81. The topological polar surface area (TPSA) is 177 Å². The summed E-state index contributed by atoms with van der Waals surface area (Å²) in [6, 6.07) is 10.3. The van der Waals surface area contributed by atoms with Gasteiger partial charge >= 0.3 is 6.09 Å². The normalized spacial score (nSPS) is 12.5. The van der Waals surface area contributed by atoms with Crippen molar-refractivity contribution in [3.8, 4) is 0 Å². The van der Waals surface area contributed by atoms with Gasteiger partial charge in [-0.05, 0) is 51.0 Å². The van der Waals surface area contributed by atoms with Crippen LogP contribution in [0.5, 0.6) is 0 Å². The number of nitrogens with one attached hydrogen (secondary N) is 3. The van der Waals surface area contributed by atoms with E-state index in [1.165, 1.54) is 12.1 Å². The molecule has 1 aliphatic heterocycles. The van der Waals surface area contributed by atoms with E-state index < -0.39 is 34.3 Å². The predicted octanol–water partition coefficient (Wildman–Crippen LogP) is 2.75. The highest BCUT2D eigenvalue weighted by Crippen LogP contribution is 2.27. The van der Waals surface area contributed by atoms with E-state index >= 15 is 0 Å². The van der Waals surface area contributed by atoms with Gasteiger partial charge in [-0.15, -0.1) is 0 Å². The molecule has 0 saturated carbocycles. The van der Waals surface area contributed by atoms with Crippen LogP contribution in [0.3, 0.4) is 0 Å². The summed E-state index contributed by atoms with van der Waals surface area (Å²) >= 11 is 0. The second kappa shape index (κ2) is 12.2. The van der Waals surface area contributed by atoms with Crippen molar-refractivity contribution >= 4 is 41.1 Å². The first kappa shape index (κ1) is 28.8. The molecule has 0 unspecified atom stereocenters. The number of hydrogen-bond donors (Lipinski definition) is 3. The highest BCUT2D eigenvalue weighted by atomic mass is 16.6. The molecule has 1 heterocycles. The van der Waals surface area contributed by atoms with Crippen LogP contribution in [-0.4, -0.2) is 58.2 Å². The van der Waals surface area contributed by atoms with Crippen molar-refractivity contribution in [3.63, 3.8) is 0 Å². The van der Waals surface area contributed by atoms with Crippen LogP contribution in [0.2, 0.25) is 0 Å². The first-order chi connectivity index (χ1) is 18.3. The van der Waals surface area contributed by atoms with E-state index in [0.717, 1.165) is 16.5 Å². The zero-order chi connectivity index (χ0) is 28.7. The highest BCUT2D eigenvalue weighted by molar-refractivity contribution is 6.21. The quantitative estimate of drug-likeness (QED) is 0.234. The third-order valence-electron chi connectivity index (χ3n) is 5.47. The van der Waals surface area contributed by atoms with Crippen molar-refractivity contribution in [2.24, 2.45) is 0 Å². The lowest BCUT2D eigenvalue weighted by atomic mass is 10.1. The molecular weight excluding hydrogens is 510 g/mol. The van der Waals surface area contributed by atoms with Crippen LogP contribution in [0.15, 0.2) is 42.5 Å². The Balaban J connectivity index is 1.39. The number of nitro groups is 1. The van der Waals surface area contributed by atoms with E-state index in [1.54, 1.807) is 45.0 Å². The maximum atomic E-state index is 12.5. The summed E-state index contributed by atoms with van der Waals surface area (Å²) in [5.41, 5.74) is 0.433. The number of anilines is 1. The van der Waals surface area contributed by atoms with Gasteiger partial charge in [0.2, 0.25) is 11.8 Å². The van der Waals surface area contributed by atoms with Crippen LogP contribution in [-0.2, 0) is 20.9 Å². The number of nitro benzene ring substituents is 1. The highest BCUT2D eigenvalue weighted by Gasteiger charge is 2.36. The van der Waals surface area contributed by atoms with E-state index in [9.17, 15) is 34.1 Å². The number of carbonyl (C=O) groups is 5. The molecule has 0 aliphatic carbocycles. The summed E-state index contributed by atoms with van der Waals surface area (Å²) in [4.78, 5) is 72.1. The lowest BCUT2D eigenvalue weighted by Crippen LogP contribution is -2.39. The molecule has 13 nitrogen and oxygen atoms in total. The average molecular weight is 540 g/mol. The van der Waals surface area contributed by atoms with Gasteiger partial charge in [-0.25, -0.2) is 4.79 Å². The molecule has 0 radical (unpaired) electrons. The van der Waals surface area contributed by atoms with Crippen molar-refractivity contribution in [2.45, 2.75) is 45.8 Å². The third-order valence-corrected chi connectivity index (χ3v) is 5.47. The number of fused-ring (bicyclic) bond motifs is 1. The summed E-state index contributed by atoms with van der Waals surface area (Å²) in [7, 11) is 0. The van der Waals surface area contributed by atoms with Gasteiger partial charge in [0.05, 0.1) is 16.1 Å². The maximum absolute atomic E-state index is 12.5. The average Bonchev–Trinajstić information content (AvgIpc) is 3.10. The van der Waals surface area contributed by atoms with Crippen LogP contribution >= 0.6 is 0 Å². The summed E-state index contributed by atoms with van der Waals surface area (Å²) in [6.07, 6.45) is -0.440. The molecule has 2 aromatic rings. The predicted molar refractivity (Wildman–Crippen MR) is 139 cm³/mol. The minimum Gasteiger partial charge on any atom is -0.444 e. The van der Waals surface area contributed by atoms with Crippen LogP contribution in [0.1, 0.15) is 59.9 Å². The van der Waals surface area contributed by atoms with E-state index in [2.05, 4.69) is 16.0 Å². The summed E-state index contributed by atoms with van der Waals surface area (Å²) < 4.78 is 5.06. The third kappa shape index (κ3) is 8.09. The van der Waals surface area contributed by atoms with Crippen molar-refractivity contribution < 1.29 is 33.6 Å². The lowest BCUT2D eigenvalue weighted by molar-refractivity contribution is -0.384. The molecule has 2 aromatic carbocycles. The molecule has 39 heavy (non-hydrogen) atoms. The van der Waals surface area contributed by atoms with Crippen LogP contribution in [0, 0.1) is 10.1 Å². The van der Waals surface area contributed by atoms with Gasteiger partial charge in [-0.1, -0.05) is 12.1 Å². The van der Waals surface area contributed by atoms with Crippen LogP contribution < -0.4 is 16.0 Å². The number of alkyl carbamates (subject to hydrolysis) is 1. The van der Waals surface area contributed by atoms with Crippen molar-refractivity contribution in [2.75, 3.05) is 18.4 Å². The molecule has 0 saturated heterocycles. The molecule has 0 spiro atoms. The van der Waals surface area contributed by atoms with Crippen LogP contribution in [0.4, 0.5) is 16.2 Å². The zero-order valence-electron chi connectivity index (χ0n) is 21.7. The Morgan fingerprint density at radius 2 is 1.62 bits per heavy atom. The fourth-order valence-corrected chi connectivity index (χ4v) is 3.65. The molecular formula is C26H29N5O8. The van der Waals surface area contributed by atoms with Crippen molar-refractivity contribution in [3.05, 3.63) is 69.3 Å². The largest absolute Gasteiger partial charge is 0.444 e. The Kier molecular flexibility index (Phi) is 8.96. The van der Waals surface area contributed by atoms with Gasteiger partial charge in [0.15, 0.2) is 0 Å². The second-order valence-corrected chi connectivity index (χ2v) is 9.73. The SMILES string of the molecule is CC(C)(C)OC(=O)NCC(=O)NCc1ccc(NC(=O)CCCN2C(=O)c3ccc([N+](=O)[O-])cc3C2=O)cc1. The van der Waals surface area contributed by atoms with Gasteiger partial charge in [-0.2, -0.15) is 0 Å². The Labute approximate surface area is 224 Å². The van der Waals surface area contributed by atoms with Crippen molar-refractivity contribution in [1.82, 2.24) is 15.5 Å². The monoisotopic (exact) mass is 539 g/mol. The number of nitrogens with zero attached hydrogens (tertiary/aromatic N) is 2. The van der Waals surface area contributed by atoms with Gasteiger partial charge in [-0.3, -0.25) is 34.2 Å². The Morgan fingerprint density at radius 1 is 0.949 bits per heavy atom. The molecule has 3 rings (SSSR count). The number of imide groups is 1. The number of amides is 5. The number of carbonyl (C=O) groups excluding carboxylic acids is 5. The fourth-order valence-electron chi connectivity index (χ4n) is 3.65. The van der Waals surface area contributed by atoms with Gasteiger partial charge in [0, 0.05) is 37.3 Å². The maximum Gasteiger partial charge on any atom is 0.408 e. The molecule has 5 amide bonds. The molecule has 13 heteroatoms. The van der Waals surface area contributed by atoms with Crippen molar-refractivity contribution in [1.29, 1.82) is 0 Å². The van der Waals surface area contributed by atoms with Gasteiger partial charge < -0.3 is 20.7 Å². The zero-order valence-corrected chi connectivity index (χ0v) is 21.7. The van der Waals surface area contributed by atoms with Gasteiger partial charge in [0.1, 0.15) is 12.1 Å². The van der Waals surface area contributed by atoms with E-state index in [0.29, 0.717) is 5.69 Å². The van der Waals surface area contributed by atoms with Gasteiger partial charge in [0.25, 0.3) is 17.5 Å². The summed E-state index contributed by atoms with van der Waals surface area (Å²) in [5, 5.41) is 18.7. The summed E-state index contributed by atoms with van der Waals surface area (Å²) in [6.45, 7) is 5.13. The molecule has 0 fully saturated rings. The molecule has 0 atom stereocenters. The molecule has 206 valence electrons. The number of hydrogen-bond acceptors (Lipinski definition) is 8. The molecule has 3 N–H and O–H groups in total. The van der Waals surface area contributed by atoms with Crippen LogP contribution in [0.25, 0.3) is 0 Å². The first-order valence-corrected chi connectivity index (χ1v) is 12.1. The van der Waals surface area contributed by atoms with E-state index in [1.807, 2.05) is 0 Å². The van der Waals surface area contributed by atoms with E-state index in [4.69, 9.17) is 4.74 Å². The Morgan fingerprint density at radius 3 is 2.26 bits per heavy atom. The second-order valence-electron chi connectivity index (χ2n) is 9.73. The number of rotatable bonds is 10. The molecule has 0 bridgehead atoms. The lowest BCUT2D eigenvalue weighted by Gasteiger charge is -2.19. The fraction of sp³-hybridized carbons (Fsp3) is 0.346.